The minimum absolute atomic E-state index is 0.104. The second-order valence-corrected chi connectivity index (χ2v) is 7.43. The quantitative estimate of drug-likeness (QED) is 0.888. The largest absolute Gasteiger partial charge is 0.365 e. The van der Waals surface area contributed by atoms with Crippen LogP contribution in [-0.2, 0) is 4.79 Å². The first-order valence-electron chi connectivity index (χ1n) is 9.32. The van der Waals surface area contributed by atoms with Gasteiger partial charge in [-0.05, 0) is 37.8 Å². The Morgan fingerprint density at radius 2 is 2.20 bits per heavy atom. The van der Waals surface area contributed by atoms with Crippen LogP contribution in [0.2, 0.25) is 0 Å². The molecule has 1 spiro atoms. The van der Waals surface area contributed by atoms with Gasteiger partial charge in [0.15, 0.2) is 0 Å². The van der Waals surface area contributed by atoms with Crippen LogP contribution in [0.3, 0.4) is 0 Å². The number of unbranched alkanes of at least 4 members (excludes halogenated alkanes) is 1. The highest BCUT2D eigenvalue weighted by molar-refractivity contribution is 5.97. The van der Waals surface area contributed by atoms with E-state index in [9.17, 15) is 9.59 Å². The Kier molecular flexibility index (Phi) is 5.25. The average Bonchev–Trinajstić information content (AvgIpc) is 2.63. The van der Waals surface area contributed by atoms with Crippen molar-refractivity contribution in [3.8, 4) is 0 Å². The Balaban J connectivity index is 1.79. The molecular weight excluding hydrogens is 316 g/mol. The Bertz CT molecular complexity index is 648. The lowest BCUT2D eigenvalue weighted by Gasteiger charge is -2.48. The SMILES string of the molecule is CCCCN1C[C@]2(CCCN(c3ncccc3C(N)=O)C2)CCC1=O. The fourth-order valence-corrected chi connectivity index (χ4v) is 4.22. The zero-order valence-electron chi connectivity index (χ0n) is 15.0. The van der Waals surface area contributed by atoms with Gasteiger partial charge in [0.2, 0.25) is 5.91 Å². The maximum Gasteiger partial charge on any atom is 0.252 e. The summed E-state index contributed by atoms with van der Waals surface area (Å²) in [7, 11) is 0. The third-order valence-corrected chi connectivity index (χ3v) is 5.54. The van der Waals surface area contributed by atoms with Crippen molar-refractivity contribution in [1.82, 2.24) is 9.88 Å². The van der Waals surface area contributed by atoms with Crippen LogP contribution in [0.5, 0.6) is 0 Å². The number of carbonyl (C=O) groups is 2. The molecule has 136 valence electrons. The molecule has 25 heavy (non-hydrogen) atoms. The zero-order valence-corrected chi connectivity index (χ0v) is 15.0. The predicted octanol–water partition coefficient (Wildman–Crippen LogP) is 2.19. The van der Waals surface area contributed by atoms with Crippen molar-refractivity contribution in [3.05, 3.63) is 23.9 Å². The van der Waals surface area contributed by atoms with E-state index in [1.807, 2.05) is 4.90 Å². The Labute approximate surface area is 149 Å². The van der Waals surface area contributed by atoms with Crippen molar-refractivity contribution in [2.24, 2.45) is 11.1 Å². The van der Waals surface area contributed by atoms with Gasteiger partial charge in [0, 0.05) is 44.2 Å². The van der Waals surface area contributed by atoms with Crippen LogP contribution in [0.1, 0.15) is 55.8 Å². The number of rotatable bonds is 5. The molecule has 6 nitrogen and oxygen atoms in total. The molecular formula is C19H28N4O2. The van der Waals surface area contributed by atoms with Crippen LogP contribution in [0, 0.1) is 5.41 Å². The van der Waals surface area contributed by atoms with Crippen molar-refractivity contribution < 1.29 is 9.59 Å². The lowest BCUT2D eigenvalue weighted by atomic mass is 9.73. The molecule has 0 radical (unpaired) electrons. The lowest BCUT2D eigenvalue weighted by molar-refractivity contribution is -0.138. The average molecular weight is 344 g/mol. The molecule has 2 saturated heterocycles. The van der Waals surface area contributed by atoms with Gasteiger partial charge in [-0.25, -0.2) is 4.98 Å². The van der Waals surface area contributed by atoms with E-state index < -0.39 is 5.91 Å². The summed E-state index contributed by atoms with van der Waals surface area (Å²) in [5, 5.41) is 0. The molecule has 2 aliphatic rings. The van der Waals surface area contributed by atoms with Gasteiger partial charge in [-0.15, -0.1) is 0 Å². The monoisotopic (exact) mass is 344 g/mol. The number of carbonyl (C=O) groups excluding carboxylic acids is 2. The molecule has 3 rings (SSSR count). The summed E-state index contributed by atoms with van der Waals surface area (Å²) in [4.78, 5) is 32.7. The molecule has 1 atom stereocenters. The van der Waals surface area contributed by atoms with Crippen LogP contribution >= 0.6 is 0 Å². The van der Waals surface area contributed by atoms with Crippen LogP contribution in [0.15, 0.2) is 18.3 Å². The summed E-state index contributed by atoms with van der Waals surface area (Å²) in [5.74, 6) is 0.532. The maximum absolute atomic E-state index is 12.3. The van der Waals surface area contributed by atoms with E-state index in [1.54, 1.807) is 18.3 Å². The van der Waals surface area contributed by atoms with Crippen molar-refractivity contribution in [2.45, 2.75) is 45.4 Å². The number of primary amides is 1. The summed E-state index contributed by atoms with van der Waals surface area (Å²) in [6.45, 7) is 5.54. The van der Waals surface area contributed by atoms with Gasteiger partial charge in [0.1, 0.15) is 5.82 Å². The van der Waals surface area contributed by atoms with E-state index in [2.05, 4.69) is 16.8 Å². The first-order valence-corrected chi connectivity index (χ1v) is 9.32. The summed E-state index contributed by atoms with van der Waals surface area (Å²) < 4.78 is 0. The highest BCUT2D eigenvalue weighted by Gasteiger charge is 2.42. The van der Waals surface area contributed by atoms with Crippen molar-refractivity contribution in [2.75, 3.05) is 31.1 Å². The summed E-state index contributed by atoms with van der Waals surface area (Å²) in [6, 6.07) is 3.49. The number of nitrogens with two attached hydrogens (primary N) is 1. The molecule has 6 heteroatoms. The number of pyridine rings is 1. The topological polar surface area (TPSA) is 79.5 Å². The van der Waals surface area contributed by atoms with Crippen molar-refractivity contribution in [1.29, 1.82) is 0 Å². The van der Waals surface area contributed by atoms with E-state index in [4.69, 9.17) is 5.73 Å². The fourth-order valence-electron chi connectivity index (χ4n) is 4.22. The number of anilines is 1. The fraction of sp³-hybridized carbons (Fsp3) is 0.632. The van der Waals surface area contributed by atoms with Crippen LogP contribution in [0.4, 0.5) is 5.82 Å². The van der Waals surface area contributed by atoms with Gasteiger partial charge in [-0.2, -0.15) is 0 Å². The number of likely N-dealkylation sites (tertiary alicyclic amines) is 1. The summed E-state index contributed by atoms with van der Waals surface area (Å²) in [6.07, 6.45) is 7.58. The molecule has 0 aromatic carbocycles. The standard InChI is InChI=1S/C19H28N4O2/c1-2-3-11-22-13-19(9-7-16(22)24)8-5-12-23(14-19)18-15(17(20)25)6-4-10-21-18/h4,6,10H,2-3,5,7-9,11-14H2,1H3,(H2,20,25)/t19-/m0/s1. The summed E-state index contributed by atoms with van der Waals surface area (Å²) >= 11 is 0. The van der Waals surface area contributed by atoms with Crippen molar-refractivity contribution >= 4 is 17.6 Å². The number of hydrogen-bond donors (Lipinski definition) is 1. The number of amides is 2. The van der Waals surface area contributed by atoms with Gasteiger partial charge in [0.25, 0.3) is 5.91 Å². The van der Waals surface area contributed by atoms with E-state index in [0.717, 1.165) is 58.3 Å². The number of hydrogen-bond acceptors (Lipinski definition) is 4. The van der Waals surface area contributed by atoms with E-state index in [-0.39, 0.29) is 11.3 Å². The van der Waals surface area contributed by atoms with E-state index in [1.165, 1.54) is 0 Å². The first-order chi connectivity index (χ1) is 12.0. The first kappa shape index (κ1) is 17.7. The molecule has 2 fully saturated rings. The Hall–Kier alpha value is -2.11. The molecule has 1 aromatic heterocycles. The second-order valence-electron chi connectivity index (χ2n) is 7.43. The number of aromatic nitrogens is 1. The highest BCUT2D eigenvalue weighted by atomic mass is 16.2. The molecule has 3 heterocycles. The highest BCUT2D eigenvalue weighted by Crippen LogP contribution is 2.40. The molecule has 1 aromatic rings. The van der Waals surface area contributed by atoms with Gasteiger partial charge < -0.3 is 15.5 Å². The Morgan fingerprint density at radius 3 is 2.96 bits per heavy atom. The van der Waals surface area contributed by atoms with E-state index in [0.29, 0.717) is 17.8 Å². The number of piperidine rings is 2. The van der Waals surface area contributed by atoms with Gasteiger partial charge in [-0.3, -0.25) is 9.59 Å². The van der Waals surface area contributed by atoms with Gasteiger partial charge in [-0.1, -0.05) is 13.3 Å². The predicted molar refractivity (Wildman–Crippen MR) is 97.4 cm³/mol. The minimum atomic E-state index is -0.439. The van der Waals surface area contributed by atoms with Crippen LogP contribution in [0.25, 0.3) is 0 Å². The minimum Gasteiger partial charge on any atom is -0.365 e. The molecule has 2 aliphatic heterocycles. The normalized spacial score (nSPS) is 24.0. The molecule has 2 N–H and O–H groups in total. The van der Waals surface area contributed by atoms with E-state index >= 15 is 0 Å². The van der Waals surface area contributed by atoms with Gasteiger partial charge >= 0.3 is 0 Å². The third-order valence-electron chi connectivity index (χ3n) is 5.54. The zero-order chi connectivity index (χ0) is 17.9. The molecule has 0 aliphatic carbocycles. The van der Waals surface area contributed by atoms with Crippen LogP contribution in [-0.4, -0.2) is 47.9 Å². The third kappa shape index (κ3) is 3.78. The van der Waals surface area contributed by atoms with Gasteiger partial charge in [0.05, 0.1) is 5.56 Å². The smallest absolute Gasteiger partial charge is 0.252 e. The maximum atomic E-state index is 12.3. The molecule has 0 saturated carbocycles. The van der Waals surface area contributed by atoms with Crippen LogP contribution < -0.4 is 10.6 Å². The number of nitrogens with zero attached hydrogens (tertiary/aromatic N) is 3. The second kappa shape index (κ2) is 7.42. The summed E-state index contributed by atoms with van der Waals surface area (Å²) in [5.41, 5.74) is 6.11. The lowest BCUT2D eigenvalue weighted by Crippen LogP contribution is -2.54. The van der Waals surface area contributed by atoms with Crippen molar-refractivity contribution in [3.63, 3.8) is 0 Å². The molecule has 2 amide bonds. The molecule has 0 unspecified atom stereocenters. The Morgan fingerprint density at radius 1 is 1.36 bits per heavy atom. The molecule has 0 bridgehead atoms.